The molecule has 6 heteroatoms. The molecule has 1 unspecified atom stereocenters. The molecule has 6 nitrogen and oxygen atoms in total. The second-order valence-corrected chi connectivity index (χ2v) is 5.99. The lowest BCUT2D eigenvalue weighted by Gasteiger charge is -2.24. The zero-order chi connectivity index (χ0) is 17.3. The number of alkyl carbamates (subject to hydrolysis) is 1. The highest BCUT2D eigenvalue weighted by Gasteiger charge is 2.37. The maximum Gasteiger partial charge on any atom is 0.410 e. The largest absolute Gasteiger partial charge is 0.478 e. The van der Waals surface area contributed by atoms with Crippen LogP contribution in [-0.4, -0.2) is 28.0 Å². The predicted molar refractivity (Wildman–Crippen MR) is 85.7 cm³/mol. The minimum atomic E-state index is -2.30. The summed E-state index contributed by atoms with van der Waals surface area (Å²) in [6.45, 7) is 4.15. The van der Waals surface area contributed by atoms with Crippen LogP contribution in [0.1, 0.15) is 45.1 Å². The Kier molecular flexibility index (Phi) is 7.54. The van der Waals surface area contributed by atoms with Crippen LogP contribution in [-0.2, 0) is 16.1 Å². The third-order valence-electron chi connectivity index (χ3n) is 3.45. The molecule has 1 atom stereocenters. The van der Waals surface area contributed by atoms with Gasteiger partial charge in [-0.3, -0.25) is 5.32 Å². The van der Waals surface area contributed by atoms with Crippen molar-refractivity contribution in [3.05, 3.63) is 35.9 Å². The Morgan fingerprint density at radius 3 is 2.43 bits per heavy atom. The van der Waals surface area contributed by atoms with Gasteiger partial charge in [-0.2, -0.15) is 0 Å². The fraction of sp³-hybridized carbons (Fsp3) is 0.529. The maximum absolute atomic E-state index is 11.7. The number of ether oxygens (including phenoxy) is 1. The number of hydrogen-bond donors (Lipinski definition) is 3. The van der Waals surface area contributed by atoms with Gasteiger partial charge in [0.2, 0.25) is 5.72 Å². The van der Waals surface area contributed by atoms with E-state index in [0.29, 0.717) is 12.3 Å². The third-order valence-corrected chi connectivity index (χ3v) is 3.45. The molecular formula is C17H25NO5. The van der Waals surface area contributed by atoms with E-state index in [-0.39, 0.29) is 13.0 Å². The van der Waals surface area contributed by atoms with E-state index in [1.807, 2.05) is 11.4 Å². The number of carboxylic acid groups (broad SMARTS) is 1. The van der Waals surface area contributed by atoms with Crippen LogP contribution in [0.2, 0.25) is 0 Å². The van der Waals surface area contributed by atoms with Gasteiger partial charge in [0.05, 0.1) is 0 Å². The molecule has 23 heavy (non-hydrogen) atoms. The summed E-state index contributed by atoms with van der Waals surface area (Å²) < 4.78 is 4.95. The van der Waals surface area contributed by atoms with E-state index in [4.69, 9.17) is 9.84 Å². The lowest BCUT2D eigenvalue weighted by Crippen LogP contribution is -2.54. The number of amides is 1. The number of aliphatic hydroxyl groups is 1. The number of rotatable bonds is 9. The van der Waals surface area contributed by atoms with Crippen LogP contribution in [0.25, 0.3) is 0 Å². The first kappa shape index (κ1) is 19.0. The molecule has 1 rings (SSSR count). The van der Waals surface area contributed by atoms with Crippen molar-refractivity contribution in [1.29, 1.82) is 0 Å². The highest BCUT2D eigenvalue weighted by atomic mass is 16.6. The van der Waals surface area contributed by atoms with Gasteiger partial charge in [0.15, 0.2) is 0 Å². The molecule has 0 saturated carbocycles. The molecule has 0 spiro atoms. The number of benzene rings is 1. The van der Waals surface area contributed by atoms with E-state index < -0.39 is 17.8 Å². The van der Waals surface area contributed by atoms with Crippen LogP contribution in [0.15, 0.2) is 30.3 Å². The second-order valence-electron chi connectivity index (χ2n) is 5.99. The van der Waals surface area contributed by atoms with Gasteiger partial charge in [-0.05, 0) is 17.9 Å². The summed E-state index contributed by atoms with van der Waals surface area (Å²) >= 11 is 0. The Morgan fingerprint density at radius 1 is 1.22 bits per heavy atom. The van der Waals surface area contributed by atoms with Gasteiger partial charge in [0.1, 0.15) is 6.61 Å². The van der Waals surface area contributed by atoms with Crippen molar-refractivity contribution >= 4 is 12.1 Å². The van der Waals surface area contributed by atoms with E-state index in [2.05, 4.69) is 13.8 Å². The predicted octanol–water partition coefficient (Wildman–Crippen LogP) is 2.90. The SMILES string of the molecule is CC(C)CCCCC(O)(NC(=O)OCc1ccccc1)C(=O)O. The molecule has 0 aliphatic rings. The minimum absolute atomic E-state index is 0.00964. The fourth-order valence-corrected chi connectivity index (χ4v) is 2.08. The zero-order valence-electron chi connectivity index (χ0n) is 13.6. The summed E-state index contributed by atoms with van der Waals surface area (Å²) in [5.41, 5.74) is -1.52. The monoisotopic (exact) mass is 323 g/mol. The Morgan fingerprint density at radius 2 is 1.87 bits per heavy atom. The molecule has 1 aromatic carbocycles. The van der Waals surface area contributed by atoms with Crippen molar-refractivity contribution in [2.75, 3.05) is 0 Å². The van der Waals surface area contributed by atoms with Gasteiger partial charge in [-0.15, -0.1) is 0 Å². The highest BCUT2D eigenvalue weighted by molar-refractivity contribution is 5.82. The second kappa shape index (κ2) is 9.15. The van der Waals surface area contributed by atoms with Crippen molar-refractivity contribution < 1.29 is 24.5 Å². The average Bonchev–Trinajstić information content (AvgIpc) is 2.50. The summed E-state index contributed by atoms with van der Waals surface area (Å²) in [5, 5.41) is 21.3. The van der Waals surface area contributed by atoms with Crippen molar-refractivity contribution in [2.24, 2.45) is 5.92 Å². The van der Waals surface area contributed by atoms with E-state index in [1.54, 1.807) is 24.3 Å². The molecule has 1 aromatic rings. The molecule has 128 valence electrons. The van der Waals surface area contributed by atoms with Crippen LogP contribution >= 0.6 is 0 Å². The molecule has 0 bridgehead atoms. The molecule has 0 heterocycles. The molecule has 0 aliphatic carbocycles. The smallest absolute Gasteiger partial charge is 0.410 e. The number of hydrogen-bond acceptors (Lipinski definition) is 4. The van der Waals surface area contributed by atoms with E-state index in [1.165, 1.54) is 0 Å². The number of carbonyl (C=O) groups excluding carboxylic acids is 1. The Bertz CT molecular complexity index is 503. The number of nitrogens with one attached hydrogen (secondary N) is 1. The normalized spacial score (nSPS) is 13.4. The van der Waals surface area contributed by atoms with Crippen LogP contribution in [0.5, 0.6) is 0 Å². The summed E-state index contributed by atoms with van der Waals surface area (Å²) in [7, 11) is 0. The number of aliphatic carboxylic acids is 1. The van der Waals surface area contributed by atoms with Crippen LogP contribution in [0.3, 0.4) is 0 Å². The third kappa shape index (κ3) is 7.15. The first-order chi connectivity index (χ1) is 10.8. The van der Waals surface area contributed by atoms with Gasteiger partial charge in [0.25, 0.3) is 0 Å². The summed E-state index contributed by atoms with van der Waals surface area (Å²) in [6.07, 6.45) is 1.21. The first-order valence-corrected chi connectivity index (χ1v) is 7.78. The maximum atomic E-state index is 11.7. The minimum Gasteiger partial charge on any atom is -0.478 e. The number of unbranched alkanes of at least 4 members (excludes halogenated alkanes) is 1. The van der Waals surface area contributed by atoms with E-state index in [9.17, 15) is 14.7 Å². The topological polar surface area (TPSA) is 95.9 Å². The van der Waals surface area contributed by atoms with Gasteiger partial charge in [-0.25, -0.2) is 9.59 Å². The van der Waals surface area contributed by atoms with Gasteiger partial charge < -0.3 is 14.9 Å². The molecule has 0 saturated heterocycles. The Balaban J connectivity index is 2.46. The summed E-state index contributed by atoms with van der Waals surface area (Å²) in [6, 6.07) is 9.01. The average molecular weight is 323 g/mol. The molecule has 0 radical (unpaired) electrons. The van der Waals surface area contributed by atoms with Crippen LogP contribution in [0.4, 0.5) is 4.79 Å². The molecule has 1 amide bonds. The van der Waals surface area contributed by atoms with Crippen molar-refractivity contribution in [3.63, 3.8) is 0 Å². The summed E-state index contributed by atoms with van der Waals surface area (Å²) in [4.78, 5) is 23.0. The van der Waals surface area contributed by atoms with Gasteiger partial charge >= 0.3 is 12.1 Å². The number of carbonyl (C=O) groups is 2. The molecule has 0 aromatic heterocycles. The number of carboxylic acids is 1. The summed E-state index contributed by atoms with van der Waals surface area (Å²) in [5.74, 6) is -0.976. The lowest BCUT2D eigenvalue weighted by molar-refractivity contribution is -0.162. The molecule has 0 fully saturated rings. The van der Waals surface area contributed by atoms with E-state index >= 15 is 0 Å². The van der Waals surface area contributed by atoms with Gasteiger partial charge in [-0.1, -0.05) is 57.0 Å². The fourth-order valence-electron chi connectivity index (χ4n) is 2.08. The molecular weight excluding hydrogens is 298 g/mol. The Labute approximate surface area is 136 Å². The molecule has 0 aliphatic heterocycles. The standard InChI is InChI=1S/C17H25NO5/c1-13(2)8-6-7-11-17(22,15(19)20)18-16(21)23-12-14-9-4-3-5-10-14/h3-5,9-10,13,22H,6-8,11-12H2,1-2H3,(H,18,21)(H,19,20). The lowest BCUT2D eigenvalue weighted by atomic mass is 10.0. The van der Waals surface area contributed by atoms with E-state index in [0.717, 1.165) is 18.4 Å². The molecule has 3 N–H and O–H groups in total. The highest BCUT2D eigenvalue weighted by Crippen LogP contribution is 2.16. The quantitative estimate of drug-likeness (QED) is 0.480. The zero-order valence-corrected chi connectivity index (χ0v) is 13.6. The van der Waals surface area contributed by atoms with Crippen LogP contribution in [0, 0.1) is 5.92 Å². The van der Waals surface area contributed by atoms with Crippen molar-refractivity contribution in [1.82, 2.24) is 5.32 Å². The van der Waals surface area contributed by atoms with Crippen LogP contribution < -0.4 is 5.32 Å². The van der Waals surface area contributed by atoms with Crippen molar-refractivity contribution in [3.8, 4) is 0 Å². The Hall–Kier alpha value is -2.08. The van der Waals surface area contributed by atoms with Gasteiger partial charge in [0, 0.05) is 6.42 Å². The first-order valence-electron chi connectivity index (χ1n) is 7.78. The van der Waals surface area contributed by atoms with Crippen molar-refractivity contribution in [2.45, 2.75) is 51.9 Å².